The number of Topliss-reactive ketones (excluding diaryl/α,β-unsaturated/α-hetero) is 1. The van der Waals surface area contributed by atoms with Gasteiger partial charge in [0.2, 0.25) is 0 Å². The lowest BCUT2D eigenvalue weighted by atomic mass is 9.78. The molecule has 2 N–H and O–H groups in total. The van der Waals surface area contributed by atoms with Gasteiger partial charge in [0.05, 0.1) is 22.2 Å². The summed E-state index contributed by atoms with van der Waals surface area (Å²) in [4.78, 5) is 39.0. The molecule has 2 aliphatic rings. The number of carboxylic acid groups (broad SMARTS) is 1. The highest BCUT2D eigenvalue weighted by molar-refractivity contribution is 6.39. The maximum absolute atomic E-state index is 13.7. The van der Waals surface area contributed by atoms with E-state index in [-0.39, 0.29) is 27.8 Å². The van der Waals surface area contributed by atoms with Gasteiger partial charge in [-0.3, -0.25) is 9.59 Å². The Bertz CT molecular complexity index is 1570. The monoisotopic (exact) mass is 605 g/mol. The van der Waals surface area contributed by atoms with Crippen molar-refractivity contribution in [3.63, 3.8) is 0 Å². The van der Waals surface area contributed by atoms with Crippen molar-refractivity contribution in [3.05, 3.63) is 98.0 Å². The van der Waals surface area contributed by atoms with E-state index in [9.17, 15) is 19.5 Å². The molecular weight excluding hydrogens is 573 g/mol. The van der Waals surface area contributed by atoms with E-state index in [1.54, 1.807) is 6.07 Å². The Balaban J connectivity index is 1.55. The van der Waals surface area contributed by atoms with E-state index in [0.29, 0.717) is 36.7 Å². The fraction of sp³-hybridized carbons (Fsp3) is 0.324. The van der Waals surface area contributed by atoms with Gasteiger partial charge in [0.1, 0.15) is 11.8 Å². The van der Waals surface area contributed by atoms with Crippen LogP contribution < -0.4 is 10.1 Å². The summed E-state index contributed by atoms with van der Waals surface area (Å²) in [5, 5.41) is 12.9. The summed E-state index contributed by atoms with van der Waals surface area (Å²) in [6, 6.07) is 15.5. The molecule has 1 aliphatic heterocycles. The lowest BCUT2D eigenvalue weighted by Gasteiger charge is -2.28. The predicted molar refractivity (Wildman–Crippen MR) is 166 cm³/mol. The first-order valence-electron chi connectivity index (χ1n) is 14.3. The number of rotatable bonds is 7. The Morgan fingerprint density at radius 1 is 1.02 bits per heavy atom. The van der Waals surface area contributed by atoms with Crippen molar-refractivity contribution < 1.29 is 24.2 Å². The van der Waals surface area contributed by atoms with Gasteiger partial charge in [-0.15, -0.1) is 0 Å². The molecule has 2 atom stereocenters. The molecule has 6 nitrogen and oxygen atoms in total. The second kappa shape index (κ2) is 12.7. The zero-order chi connectivity index (χ0) is 30.0. The van der Waals surface area contributed by atoms with Crippen LogP contribution >= 0.6 is 23.2 Å². The lowest BCUT2D eigenvalue weighted by Crippen LogP contribution is -2.42. The summed E-state index contributed by atoms with van der Waals surface area (Å²) in [5.74, 6) is -0.826. The average Bonchev–Trinajstić information content (AvgIpc) is 2.97. The van der Waals surface area contributed by atoms with E-state index in [1.807, 2.05) is 25.1 Å². The first-order chi connectivity index (χ1) is 20.2. The summed E-state index contributed by atoms with van der Waals surface area (Å²) in [6.45, 7) is 4.66. The zero-order valence-corrected chi connectivity index (χ0v) is 25.1. The Morgan fingerprint density at radius 3 is 2.48 bits per heavy atom. The second-order valence-electron chi connectivity index (χ2n) is 10.9. The molecule has 8 heteroatoms. The highest BCUT2D eigenvalue weighted by Gasteiger charge is 2.31. The molecule has 0 fully saturated rings. The number of nitrogens with one attached hydrogen (secondary N) is 1. The molecule has 0 aromatic heterocycles. The Kier molecular flexibility index (Phi) is 9.05. The van der Waals surface area contributed by atoms with Crippen LogP contribution in [0.5, 0.6) is 5.75 Å². The number of carboxylic acids is 1. The minimum atomic E-state index is -1.23. The van der Waals surface area contributed by atoms with Gasteiger partial charge in [-0.1, -0.05) is 72.6 Å². The van der Waals surface area contributed by atoms with Crippen LogP contribution in [0.1, 0.15) is 83.6 Å². The zero-order valence-electron chi connectivity index (χ0n) is 23.6. The van der Waals surface area contributed by atoms with Crippen LogP contribution in [0.25, 0.3) is 11.1 Å². The SMILES string of the molecule is CCC1CCC(=O)C(c2ccc(C[C@H](NC(=O)c3c(Cl)cccc3Cl)C(=O)O)c3c2OCCC3)=C(C)c2ccccc21. The summed E-state index contributed by atoms with van der Waals surface area (Å²) in [6.07, 6.45) is 3.64. The summed E-state index contributed by atoms with van der Waals surface area (Å²) in [7, 11) is 0. The number of allylic oxidation sites excluding steroid dienone is 2. The number of hydrogen-bond donors (Lipinski definition) is 2. The van der Waals surface area contributed by atoms with E-state index in [0.717, 1.165) is 47.1 Å². The highest BCUT2D eigenvalue weighted by Crippen LogP contribution is 2.43. The minimum Gasteiger partial charge on any atom is -0.493 e. The Labute approximate surface area is 255 Å². The normalized spacial score (nSPS) is 17.3. The number of hydrogen-bond acceptors (Lipinski definition) is 4. The van der Waals surface area contributed by atoms with Crippen molar-refractivity contribution in [1.82, 2.24) is 5.32 Å². The number of halogens is 2. The van der Waals surface area contributed by atoms with Gasteiger partial charge in [-0.2, -0.15) is 0 Å². The van der Waals surface area contributed by atoms with E-state index in [4.69, 9.17) is 27.9 Å². The molecule has 1 unspecified atom stereocenters. The van der Waals surface area contributed by atoms with Crippen molar-refractivity contribution in [1.29, 1.82) is 0 Å². The third kappa shape index (κ3) is 5.83. The number of aliphatic carboxylic acids is 1. The van der Waals surface area contributed by atoms with Crippen LogP contribution in [0.4, 0.5) is 0 Å². The van der Waals surface area contributed by atoms with E-state index in [1.165, 1.54) is 17.7 Å². The molecule has 1 heterocycles. The molecule has 1 amide bonds. The number of ketones is 1. The fourth-order valence-electron chi connectivity index (χ4n) is 6.18. The van der Waals surface area contributed by atoms with E-state index < -0.39 is 17.9 Å². The first kappa shape index (κ1) is 29.9. The summed E-state index contributed by atoms with van der Waals surface area (Å²) < 4.78 is 6.22. The number of fused-ring (bicyclic) bond motifs is 2. The molecule has 3 aromatic carbocycles. The Morgan fingerprint density at radius 2 is 1.76 bits per heavy atom. The maximum Gasteiger partial charge on any atom is 0.326 e. The predicted octanol–water partition coefficient (Wildman–Crippen LogP) is 7.53. The molecule has 0 radical (unpaired) electrons. The number of amides is 1. The molecular formula is C34H33Cl2NO5. The van der Waals surface area contributed by atoms with Gasteiger partial charge in [0.15, 0.2) is 5.78 Å². The van der Waals surface area contributed by atoms with Gasteiger partial charge in [-0.05, 0) is 78.5 Å². The standard InChI is InChI=1S/C34H33Cl2NO5/c1-3-20-14-16-29(38)30(19(2)22-8-4-5-9-23(20)22)25-15-13-21(24-10-7-17-42-32(24)25)18-28(34(40)41)37-33(39)31-26(35)11-6-12-27(31)36/h4-6,8-9,11-13,15,20,28H,3,7,10,14,16-18H2,1-2H3,(H,37,39)(H,40,41)/t20?,28-/m0/s1. The second-order valence-corrected chi connectivity index (χ2v) is 11.7. The van der Waals surface area contributed by atoms with E-state index >= 15 is 0 Å². The third-order valence-electron chi connectivity index (χ3n) is 8.33. The maximum atomic E-state index is 13.7. The highest BCUT2D eigenvalue weighted by atomic mass is 35.5. The van der Waals surface area contributed by atoms with Gasteiger partial charge in [0.25, 0.3) is 5.91 Å². The fourth-order valence-corrected chi connectivity index (χ4v) is 6.75. The van der Waals surface area contributed by atoms with Gasteiger partial charge in [-0.25, -0.2) is 4.79 Å². The van der Waals surface area contributed by atoms with Crippen LogP contribution in [-0.4, -0.2) is 35.4 Å². The van der Waals surface area contributed by atoms with E-state index in [2.05, 4.69) is 30.4 Å². The molecule has 0 saturated carbocycles. The van der Waals surface area contributed by atoms with Crippen LogP contribution in [-0.2, 0) is 22.4 Å². The molecule has 0 bridgehead atoms. The summed E-state index contributed by atoms with van der Waals surface area (Å²) >= 11 is 12.4. The minimum absolute atomic E-state index is 0.0299. The van der Waals surface area contributed by atoms with Gasteiger partial charge in [0, 0.05) is 24.0 Å². The topological polar surface area (TPSA) is 92.7 Å². The molecule has 0 spiro atoms. The van der Waals surface area contributed by atoms with Crippen molar-refractivity contribution in [3.8, 4) is 5.75 Å². The van der Waals surface area contributed by atoms with Gasteiger partial charge < -0.3 is 15.2 Å². The van der Waals surface area contributed by atoms with Crippen LogP contribution in [0.15, 0.2) is 54.6 Å². The van der Waals surface area contributed by atoms with Crippen molar-refractivity contribution in [2.24, 2.45) is 0 Å². The van der Waals surface area contributed by atoms with Gasteiger partial charge >= 0.3 is 5.97 Å². The largest absolute Gasteiger partial charge is 0.493 e. The smallest absolute Gasteiger partial charge is 0.326 e. The van der Waals surface area contributed by atoms with Crippen molar-refractivity contribution in [2.45, 2.75) is 64.3 Å². The number of benzene rings is 3. The molecule has 42 heavy (non-hydrogen) atoms. The van der Waals surface area contributed by atoms with Crippen LogP contribution in [0.2, 0.25) is 10.0 Å². The third-order valence-corrected chi connectivity index (χ3v) is 8.96. The number of carbonyl (C=O) groups excluding carboxylic acids is 2. The molecule has 1 aliphatic carbocycles. The van der Waals surface area contributed by atoms with Crippen LogP contribution in [0.3, 0.4) is 0 Å². The van der Waals surface area contributed by atoms with Crippen LogP contribution in [0, 0.1) is 0 Å². The molecule has 3 aromatic rings. The first-order valence-corrected chi connectivity index (χ1v) is 15.1. The number of carbonyl (C=O) groups is 3. The van der Waals surface area contributed by atoms with Crippen molar-refractivity contribution >= 4 is 52.0 Å². The molecule has 5 rings (SSSR count). The number of ether oxygens (including phenoxy) is 1. The molecule has 218 valence electrons. The average molecular weight is 607 g/mol. The Hall–Kier alpha value is -3.61. The summed E-state index contributed by atoms with van der Waals surface area (Å²) in [5.41, 5.74) is 6.28. The lowest BCUT2D eigenvalue weighted by molar-refractivity contribution is -0.139. The quantitative estimate of drug-likeness (QED) is 0.290. The molecule has 0 saturated heterocycles. The van der Waals surface area contributed by atoms with Crippen molar-refractivity contribution in [2.75, 3.05) is 6.61 Å².